The van der Waals surface area contributed by atoms with Crippen molar-refractivity contribution in [2.24, 2.45) is 5.92 Å². The lowest BCUT2D eigenvalue weighted by Gasteiger charge is -2.42. The predicted octanol–water partition coefficient (Wildman–Crippen LogP) is 3.83. The lowest BCUT2D eigenvalue weighted by molar-refractivity contribution is -0.137. The van der Waals surface area contributed by atoms with Gasteiger partial charge in [-0.2, -0.15) is 0 Å². The van der Waals surface area contributed by atoms with Crippen molar-refractivity contribution in [2.45, 2.75) is 65.1 Å². The normalized spacial score (nSPS) is 18.7. The number of carbonyl (C=O) groups is 2. The first kappa shape index (κ1) is 23.2. The summed E-state index contributed by atoms with van der Waals surface area (Å²) in [5.41, 5.74) is 0.587. The van der Waals surface area contributed by atoms with Crippen molar-refractivity contribution in [3.8, 4) is 0 Å². The average molecular weight is 404 g/mol. The molecule has 1 aliphatic rings. The van der Waals surface area contributed by atoms with E-state index in [2.05, 4.69) is 19.2 Å². The standard InChI is InChI=1S/C23H37N3O3/c1-17(2)14-19-16-25(22(28)29-23(3,4)5)12-13-26(19)21(27)15-20(24-6)18-10-8-7-9-11-18/h7-11,17,19-20,24H,12-16H2,1-6H3. The van der Waals surface area contributed by atoms with Crippen LogP contribution in [-0.4, -0.2) is 60.1 Å². The largest absolute Gasteiger partial charge is 0.444 e. The van der Waals surface area contributed by atoms with Crippen molar-refractivity contribution >= 4 is 12.0 Å². The lowest BCUT2D eigenvalue weighted by atomic mass is 9.98. The fourth-order valence-corrected chi connectivity index (χ4v) is 3.79. The van der Waals surface area contributed by atoms with Crippen LogP contribution in [-0.2, 0) is 9.53 Å². The number of rotatable bonds is 6. The summed E-state index contributed by atoms with van der Waals surface area (Å²) in [6.45, 7) is 11.5. The van der Waals surface area contributed by atoms with E-state index in [4.69, 9.17) is 4.74 Å². The Labute approximate surface area is 175 Å². The average Bonchev–Trinajstić information content (AvgIpc) is 2.64. The van der Waals surface area contributed by atoms with E-state index in [1.165, 1.54) is 0 Å². The predicted molar refractivity (Wildman–Crippen MR) is 116 cm³/mol. The van der Waals surface area contributed by atoms with Gasteiger partial charge in [0.25, 0.3) is 0 Å². The number of nitrogens with one attached hydrogen (secondary N) is 1. The molecule has 1 aliphatic heterocycles. The molecule has 1 aromatic rings. The van der Waals surface area contributed by atoms with Gasteiger partial charge in [-0.15, -0.1) is 0 Å². The molecule has 1 aromatic carbocycles. The van der Waals surface area contributed by atoms with Gasteiger partial charge in [0, 0.05) is 38.1 Å². The first-order valence-electron chi connectivity index (χ1n) is 10.6. The molecular formula is C23H37N3O3. The second-order valence-corrected chi connectivity index (χ2v) is 9.25. The molecule has 2 atom stereocenters. The van der Waals surface area contributed by atoms with Crippen LogP contribution in [0, 0.1) is 5.92 Å². The van der Waals surface area contributed by atoms with Gasteiger partial charge in [0.2, 0.25) is 5.91 Å². The van der Waals surface area contributed by atoms with Gasteiger partial charge in [0.15, 0.2) is 0 Å². The SMILES string of the molecule is CNC(CC(=O)N1CCN(C(=O)OC(C)(C)C)CC1CC(C)C)c1ccccc1. The van der Waals surface area contributed by atoms with Crippen LogP contribution in [0.3, 0.4) is 0 Å². The fourth-order valence-electron chi connectivity index (χ4n) is 3.79. The first-order chi connectivity index (χ1) is 13.6. The molecule has 0 saturated carbocycles. The maximum atomic E-state index is 13.2. The second kappa shape index (κ2) is 10.1. The molecule has 0 bridgehead atoms. The number of hydrogen-bond acceptors (Lipinski definition) is 4. The topological polar surface area (TPSA) is 61.9 Å². The summed E-state index contributed by atoms with van der Waals surface area (Å²) in [6, 6.07) is 10.0. The van der Waals surface area contributed by atoms with Crippen molar-refractivity contribution in [3.05, 3.63) is 35.9 Å². The van der Waals surface area contributed by atoms with Gasteiger partial charge in [-0.25, -0.2) is 4.79 Å². The Balaban J connectivity index is 2.08. The highest BCUT2D eigenvalue weighted by atomic mass is 16.6. The molecule has 6 heteroatoms. The Morgan fingerprint density at radius 3 is 2.38 bits per heavy atom. The van der Waals surface area contributed by atoms with Gasteiger partial charge in [-0.3, -0.25) is 4.79 Å². The highest BCUT2D eigenvalue weighted by molar-refractivity contribution is 5.78. The van der Waals surface area contributed by atoms with Crippen LogP contribution < -0.4 is 5.32 Å². The van der Waals surface area contributed by atoms with Crippen LogP contribution in [0.4, 0.5) is 4.79 Å². The summed E-state index contributed by atoms with van der Waals surface area (Å²) in [5, 5.41) is 3.26. The molecule has 0 radical (unpaired) electrons. The van der Waals surface area contributed by atoms with Gasteiger partial charge in [-0.1, -0.05) is 44.2 Å². The van der Waals surface area contributed by atoms with E-state index < -0.39 is 5.60 Å². The fraction of sp³-hybridized carbons (Fsp3) is 0.652. The number of nitrogens with zero attached hydrogens (tertiary/aromatic N) is 2. The summed E-state index contributed by atoms with van der Waals surface area (Å²) in [5.74, 6) is 0.561. The monoisotopic (exact) mass is 403 g/mol. The number of ether oxygens (including phenoxy) is 1. The van der Waals surface area contributed by atoms with Crippen LogP contribution in [0.25, 0.3) is 0 Å². The summed E-state index contributed by atoms with van der Waals surface area (Å²) in [6.07, 6.45) is 0.970. The molecule has 0 aliphatic carbocycles. The van der Waals surface area contributed by atoms with E-state index in [-0.39, 0.29) is 24.1 Å². The van der Waals surface area contributed by atoms with E-state index in [9.17, 15) is 9.59 Å². The Bertz CT molecular complexity index is 670. The molecule has 162 valence electrons. The van der Waals surface area contributed by atoms with Gasteiger partial charge < -0.3 is 19.9 Å². The molecule has 1 heterocycles. The van der Waals surface area contributed by atoms with Crippen molar-refractivity contribution in [3.63, 3.8) is 0 Å². The lowest BCUT2D eigenvalue weighted by Crippen LogP contribution is -2.57. The van der Waals surface area contributed by atoms with Crippen molar-refractivity contribution in [1.82, 2.24) is 15.1 Å². The maximum Gasteiger partial charge on any atom is 0.410 e. The highest BCUT2D eigenvalue weighted by Crippen LogP contribution is 2.23. The Morgan fingerprint density at radius 2 is 1.83 bits per heavy atom. The minimum atomic E-state index is -0.521. The minimum Gasteiger partial charge on any atom is -0.444 e. The minimum absolute atomic E-state index is 0.0112. The zero-order chi connectivity index (χ0) is 21.6. The van der Waals surface area contributed by atoms with Crippen molar-refractivity contribution < 1.29 is 14.3 Å². The molecule has 0 aromatic heterocycles. The quantitative estimate of drug-likeness (QED) is 0.784. The van der Waals surface area contributed by atoms with Crippen molar-refractivity contribution in [2.75, 3.05) is 26.7 Å². The van der Waals surface area contributed by atoms with Gasteiger partial charge >= 0.3 is 6.09 Å². The molecule has 1 N–H and O–H groups in total. The van der Waals surface area contributed by atoms with Gasteiger partial charge in [-0.05, 0) is 45.7 Å². The molecule has 29 heavy (non-hydrogen) atoms. The third kappa shape index (κ3) is 7.03. The number of piperazine rings is 1. The van der Waals surface area contributed by atoms with Crippen LogP contribution in [0.5, 0.6) is 0 Å². The molecule has 2 rings (SSSR count). The highest BCUT2D eigenvalue weighted by Gasteiger charge is 2.35. The van der Waals surface area contributed by atoms with Crippen molar-refractivity contribution in [1.29, 1.82) is 0 Å². The zero-order valence-electron chi connectivity index (χ0n) is 18.8. The maximum absolute atomic E-state index is 13.2. The van der Waals surface area contributed by atoms with E-state index in [1.807, 2.05) is 63.1 Å². The Morgan fingerprint density at radius 1 is 1.17 bits per heavy atom. The number of benzene rings is 1. The molecule has 0 spiro atoms. The third-order valence-corrected chi connectivity index (χ3v) is 5.13. The first-order valence-corrected chi connectivity index (χ1v) is 10.6. The van der Waals surface area contributed by atoms with E-state index in [0.717, 1.165) is 12.0 Å². The molecule has 2 amide bonds. The summed E-state index contributed by atoms with van der Waals surface area (Å²) in [7, 11) is 1.89. The second-order valence-electron chi connectivity index (χ2n) is 9.25. The van der Waals surface area contributed by atoms with Crippen LogP contribution >= 0.6 is 0 Å². The summed E-state index contributed by atoms with van der Waals surface area (Å²) >= 11 is 0. The Hall–Kier alpha value is -2.08. The van der Waals surface area contributed by atoms with E-state index in [1.54, 1.807) is 4.90 Å². The Kier molecular flexibility index (Phi) is 8.08. The van der Waals surface area contributed by atoms with E-state index in [0.29, 0.717) is 32.0 Å². The summed E-state index contributed by atoms with van der Waals surface area (Å²) in [4.78, 5) is 29.4. The molecule has 6 nitrogen and oxygen atoms in total. The number of amides is 2. The van der Waals surface area contributed by atoms with Crippen LogP contribution in [0.1, 0.15) is 59.1 Å². The summed E-state index contributed by atoms with van der Waals surface area (Å²) < 4.78 is 5.54. The van der Waals surface area contributed by atoms with Crippen LogP contribution in [0.15, 0.2) is 30.3 Å². The smallest absolute Gasteiger partial charge is 0.410 e. The third-order valence-electron chi connectivity index (χ3n) is 5.13. The number of hydrogen-bond donors (Lipinski definition) is 1. The molecule has 2 unspecified atom stereocenters. The van der Waals surface area contributed by atoms with Crippen LogP contribution in [0.2, 0.25) is 0 Å². The molecule has 1 saturated heterocycles. The molecule has 1 fully saturated rings. The van der Waals surface area contributed by atoms with Gasteiger partial charge in [0.1, 0.15) is 5.60 Å². The van der Waals surface area contributed by atoms with E-state index >= 15 is 0 Å². The number of carbonyl (C=O) groups excluding carboxylic acids is 2. The zero-order valence-corrected chi connectivity index (χ0v) is 18.8. The van der Waals surface area contributed by atoms with Gasteiger partial charge in [0.05, 0.1) is 0 Å². The molecular weight excluding hydrogens is 366 g/mol.